The maximum absolute atomic E-state index is 10.1. The molecule has 20 heavy (non-hydrogen) atoms. The molecule has 2 aromatic rings. The van der Waals surface area contributed by atoms with Crippen molar-refractivity contribution in [3.05, 3.63) is 42.5 Å². The van der Waals surface area contributed by atoms with E-state index in [-0.39, 0.29) is 18.5 Å². The molecule has 1 fully saturated rings. The number of β-amino-alcohol motifs (C(OH)–C–C–N with tert-alkyl or cyclic N) is 1. The molecule has 1 N–H and O–H groups in total. The maximum Gasteiger partial charge on any atom is 0.138 e. The van der Waals surface area contributed by atoms with Crippen LogP contribution in [0.2, 0.25) is 0 Å². The van der Waals surface area contributed by atoms with Crippen LogP contribution in [0.3, 0.4) is 0 Å². The highest BCUT2D eigenvalue weighted by molar-refractivity contribution is 5.88. The third kappa shape index (κ3) is 2.90. The smallest absolute Gasteiger partial charge is 0.138 e. The van der Waals surface area contributed by atoms with Crippen LogP contribution in [-0.2, 0) is 0 Å². The number of rotatable bonds is 3. The molecule has 0 unspecified atom stereocenters. The van der Waals surface area contributed by atoms with E-state index < -0.39 is 6.10 Å². The van der Waals surface area contributed by atoms with Gasteiger partial charge in [-0.3, -0.25) is 4.90 Å². The lowest BCUT2D eigenvalue weighted by molar-refractivity contribution is 0.0747. The molecule has 3 rings (SSSR count). The molecule has 0 aliphatic carbocycles. The van der Waals surface area contributed by atoms with Crippen molar-refractivity contribution in [1.82, 2.24) is 4.90 Å². The fourth-order valence-corrected chi connectivity index (χ4v) is 2.67. The molecule has 0 radical (unpaired) electrons. The molecule has 1 aliphatic heterocycles. The third-order valence-corrected chi connectivity index (χ3v) is 3.79. The molecule has 0 saturated carbocycles. The fraction of sp³-hybridized carbons (Fsp3) is 0.375. The van der Waals surface area contributed by atoms with Crippen molar-refractivity contribution in [2.24, 2.45) is 0 Å². The van der Waals surface area contributed by atoms with Gasteiger partial charge in [0.2, 0.25) is 0 Å². The highest BCUT2D eigenvalue weighted by Crippen LogP contribution is 2.27. The van der Waals surface area contributed by atoms with Gasteiger partial charge in [-0.1, -0.05) is 43.3 Å². The number of benzene rings is 2. The first-order valence-corrected chi connectivity index (χ1v) is 6.83. The van der Waals surface area contributed by atoms with Crippen molar-refractivity contribution in [3.63, 3.8) is 0 Å². The predicted molar refractivity (Wildman–Crippen MR) is 83.7 cm³/mol. The van der Waals surface area contributed by atoms with Gasteiger partial charge in [0.05, 0.1) is 0 Å². The Bertz CT molecular complexity index is 570. The Morgan fingerprint density at radius 3 is 2.65 bits per heavy atom. The van der Waals surface area contributed by atoms with Crippen LogP contribution in [0, 0.1) is 0 Å². The number of likely N-dealkylation sites (N-methyl/N-ethyl adjacent to an activating group) is 1. The van der Waals surface area contributed by atoms with Crippen molar-refractivity contribution in [1.29, 1.82) is 0 Å². The summed E-state index contributed by atoms with van der Waals surface area (Å²) < 4.78 is 6.04. The number of fused-ring (bicyclic) bond motifs is 1. The number of nitrogens with zero attached hydrogens (tertiary/aromatic N) is 1. The van der Waals surface area contributed by atoms with Gasteiger partial charge >= 0.3 is 0 Å². The quantitative estimate of drug-likeness (QED) is 0.944. The molecule has 1 heterocycles. The summed E-state index contributed by atoms with van der Waals surface area (Å²) in [6.45, 7) is 4.55. The van der Waals surface area contributed by atoms with Gasteiger partial charge in [-0.05, 0) is 18.0 Å². The fourth-order valence-electron chi connectivity index (χ4n) is 2.67. The summed E-state index contributed by atoms with van der Waals surface area (Å²) >= 11 is 0. The Kier molecular flexibility index (Phi) is 4.86. The lowest BCUT2D eigenvalue weighted by Gasteiger charge is -2.18. The summed E-state index contributed by atoms with van der Waals surface area (Å²) in [6, 6.07) is 14.2. The number of aliphatic hydroxyl groups excluding tert-OH is 1. The summed E-state index contributed by atoms with van der Waals surface area (Å²) in [7, 11) is 0. The van der Waals surface area contributed by atoms with E-state index in [0.29, 0.717) is 6.54 Å². The van der Waals surface area contributed by atoms with Crippen LogP contribution in [0.15, 0.2) is 42.5 Å². The highest BCUT2D eigenvalue weighted by Gasteiger charge is 2.32. The molecule has 3 nitrogen and oxygen atoms in total. The Morgan fingerprint density at radius 2 is 1.90 bits per heavy atom. The number of ether oxygens (including phenoxy) is 1. The van der Waals surface area contributed by atoms with E-state index in [2.05, 4.69) is 30.0 Å². The van der Waals surface area contributed by atoms with Crippen LogP contribution in [0.25, 0.3) is 10.8 Å². The average molecular weight is 294 g/mol. The summed E-state index contributed by atoms with van der Waals surface area (Å²) in [5.41, 5.74) is 0. The molecule has 1 saturated heterocycles. The molecule has 0 aromatic heterocycles. The maximum atomic E-state index is 10.1. The number of likely N-dealkylation sites (tertiary alicyclic amines) is 1. The van der Waals surface area contributed by atoms with Crippen molar-refractivity contribution in [3.8, 4) is 5.75 Å². The summed E-state index contributed by atoms with van der Waals surface area (Å²) in [6.07, 6.45) is -0.537. The normalized spacial score (nSPS) is 22.7. The number of halogens is 1. The predicted octanol–water partition coefficient (Wildman–Crippen LogP) is 2.71. The molecule has 4 heteroatoms. The Balaban J connectivity index is 0.00000147. The van der Waals surface area contributed by atoms with Gasteiger partial charge < -0.3 is 9.84 Å². The largest absolute Gasteiger partial charge is 0.486 e. The zero-order valence-electron chi connectivity index (χ0n) is 11.5. The second-order valence-corrected chi connectivity index (χ2v) is 5.05. The van der Waals surface area contributed by atoms with Crippen LogP contribution < -0.4 is 4.74 Å². The van der Waals surface area contributed by atoms with Gasteiger partial charge in [-0.2, -0.15) is 0 Å². The summed E-state index contributed by atoms with van der Waals surface area (Å²) in [5, 5.41) is 12.3. The molecule has 2 aromatic carbocycles. The molecule has 0 bridgehead atoms. The van der Waals surface area contributed by atoms with Crippen molar-refractivity contribution >= 4 is 23.2 Å². The second-order valence-electron chi connectivity index (χ2n) is 5.05. The van der Waals surface area contributed by atoms with Crippen LogP contribution in [0.4, 0.5) is 0 Å². The van der Waals surface area contributed by atoms with Crippen LogP contribution >= 0.6 is 12.4 Å². The molecule has 0 spiro atoms. The van der Waals surface area contributed by atoms with Crippen LogP contribution in [0.5, 0.6) is 5.75 Å². The minimum atomic E-state index is -0.404. The molecule has 0 amide bonds. The zero-order valence-corrected chi connectivity index (χ0v) is 12.3. The van der Waals surface area contributed by atoms with E-state index >= 15 is 0 Å². The molecular weight excluding hydrogens is 274 g/mol. The van der Waals surface area contributed by atoms with Crippen molar-refractivity contribution in [2.45, 2.75) is 19.1 Å². The number of hydrogen-bond donors (Lipinski definition) is 1. The minimum absolute atomic E-state index is 0. The first kappa shape index (κ1) is 15.1. The van der Waals surface area contributed by atoms with Gasteiger partial charge in [0, 0.05) is 18.5 Å². The average Bonchev–Trinajstić information content (AvgIpc) is 2.80. The van der Waals surface area contributed by atoms with Crippen LogP contribution in [-0.4, -0.2) is 41.8 Å². The zero-order chi connectivity index (χ0) is 13.2. The summed E-state index contributed by atoms with van der Waals surface area (Å²) in [5.74, 6) is 0.861. The standard InChI is InChI=1S/C16H19NO2.ClH/c1-2-17-10-14(18)16(11-17)19-15-9-5-7-12-6-3-4-8-13(12)15;/h3-9,14,16,18H,2,10-11H2,1H3;1H/t14-,16-;/m1./s1. The number of hydrogen-bond acceptors (Lipinski definition) is 3. The lowest BCUT2D eigenvalue weighted by atomic mass is 10.1. The highest BCUT2D eigenvalue weighted by atomic mass is 35.5. The van der Waals surface area contributed by atoms with Gasteiger partial charge in [0.15, 0.2) is 0 Å². The van der Waals surface area contributed by atoms with Crippen molar-refractivity contribution < 1.29 is 9.84 Å². The van der Waals surface area contributed by atoms with E-state index in [4.69, 9.17) is 4.74 Å². The topological polar surface area (TPSA) is 32.7 Å². The Labute approximate surface area is 125 Å². The first-order chi connectivity index (χ1) is 9.28. The SMILES string of the molecule is CCN1C[C@@H](O)[C@H](Oc2cccc3ccccc23)C1.Cl. The van der Waals surface area contributed by atoms with E-state index in [1.807, 2.05) is 24.3 Å². The Morgan fingerprint density at radius 1 is 1.15 bits per heavy atom. The van der Waals surface area contributed by atoms with E-state index in [1.54, 1.807) is 0 Å². The van der Waals surface area contributed by atoms with Crippen LogP contribution in [0.1, 0.15) is 6.92 Å². The molecular formula is C16H20ClNO2. The summed E-state index contributed by atoms with van der Waals surface area (Å²) in [4.78, 5) is 2.21. The lowest BCUT2D eigenvalue weighted by Crippen LogP contribution is -2.30. The first-order valence-electron chi connectivity index (χ1n) is 6.83. The monoisotopic (exact) mass is 293 g/mol. The van der Waals surface area contributed by atoms with Crippen molar-refractivity contribution in [2.75, 3.05) is 19.6 Å². The third-order valence-electron chi connectivity index (χ3n) is 3.79. The van der Waals surface area contributed by atoms with Gasteiger partial charge in [0.25, 0.3) is 0 Å². The second kappa shape index (κ2) is 6.44. The molecule has 108 valence electrons. The van der Waals surface area contributed by atoms with E-state index in [0.717, 1.165) is 24.2 Å². The van der Waals surface area contributed by atoms with E-state index in [1.165, 1.54) is 5.39 Å². The van der Waals surface area contributed by atoms with Gasteiger partial charge in [-0.15, -0.1) is 12.4 Å². The van der Waals surface area contributed by atoms with Gasteiger partial charge in [0.1, 0.15) is 18.0 Å². The van der Waals surface area contributed by atoms with Gasteiger partial charge in [-0.25, -0.2) is 0 Å². The minimum Gasteiger partial charge on any atom is -0.486 e. The number of aliphatic hydroxyl groups is 1. The van der Waals surface area contributed by atoms with E-state index in [9.17, 15) is 5.11 Å². The Hall–Kier alpha value is -1.29. The molecule has 2 atom stereocenters. The molecule has 1 aliphatic rings.